The number of benzene rings is 2. The van der Waals surface area contributed by atoms with Gasteiger partial charge in [0.05, 0.1) is 0 Å². The number of hydrogen-bond acceptors (Lipinski definition) is 6. The Bertz CT molecular complexity index is 1000. The Morgan fingerprint density at radius 2 is 1.83 bits per heavy atom. The topological polar surface area (TPSA) is 84.4 Å². The number of nitrogens with one attached hydrogen (secondary N) is 1. The predicted molar refractivity (Wildman–Crippen MR) is 110 cm³/mol. The van der Waals surface area contributed by atoms with Gasteiger partial charge in [0, 0.05) is 24.3 Å². The summed E-state index contributed by atoms with van der Waals surface area (Å²) in [6.07, 6.45) is 2.07. The number of nitrogens with zero attached hydrogens (tertiary/aromatic N) is 3. The van der Waals surface area contributed by atoms with Gasteiger partial charge in [0.15, 0.2) is 5.01 Å². The molecule has 0 bridgehead atoms. The largest absolute Gasteiger partial charge is 0.486 e. The van der Waals surface area contributed by atoms with Crippen LogP contribution >= 0.6 is 11.3 Å². The van der Waals surface area contributed by atoms with E-state index >= 15 is 0 Å². The van der Waals surface area contributed by atoms with E-state index in [1.165, 1.54) is 11.3 Å². The average molecular weight is 408 g/mol. The molecular formula is C21H20N4O3S. The number of carbonyl (C=O) groups excluding carboxylic acids is 2. The van der Waals surface area contributed by atoms with E-state index < -0.39 is 0 Å². The number of likely N-dealkylation sites (tertiary alicyclic amines) is 1. The lowest BCUT2D eigenvalue weighted by molar-refractivity contribution is 0.0792. The SMILES string of the molecule is O=C(Nc1cccc(C(=O)N2CCCC2)c1)c1nnc(COc2ccccc2)s1. The van der Waals surface area contributed by atoms with E-state index in [0.717, 1.165) is 31.7 Å². The van der Waals surface area contributed by atoms with E-state index in [1.807, 2.05) is 35.2 Å². The van der Waals surface area contributed by atoms with E-state index in [9.17, 15) is 9.59 Å². The van der Waals surface area contributed by atoms with Gasteiger partial charge in [0.25, 0.3) is 11.8 Å². The van der Waals surface area contributed by atoms with Gasteiger partial charge in [0.2, 0.25) is 5.01 Å². The van der Waals surface area contributed by atoms with Crippen LogP contribution in [0.15, 0.2) is 54.6 Å². The number of rotatable bonds is 6. The molecule has 1 aromatic heterocycles. The predicted octanol–water partition coefficient (Wildman–Crippen LogP) is 3.61. The maximum atomic E-state index is 12.5. The van der Waals surface area contributed by atoms with Gasteiger partial charge in [-0.25, -0.2) is 0 Å². The number of ether oxygens (including phenoxy) is 1. The molecule has 0 aliphatic carbocycles. The van der Waals surface area contributed by atoms with Crippen LogP contribution in [-0.4, -0.2) is 40.0 Å². The van der Waals surface area contributed by atoms with E-state index in [-0.39, 0.29) is 23.4 Å². The summed E-state index contributed by atoms with van der Waals surface area (Å²) in [6, 6.07) is 16.4. The molecule has 2 aromatic carbocycles. The van der Waals surface area contributed by atoms with Gasteiger partial charge in [-0.05, 0) is 43.2 Å². The van der Waals surface area contributed by atoms with Crippen LogP contribution in [0.2, 0.25) is 0 Å². The lowest BCUT2D eigenvalue weighted by atomic mass is 10.1. The second-order valence-electron chi connectivity index (χ2n) is 6.64. The number of hydrogen-bond donors (Lipinski definition) is 1. The van der Waals surface area contributed by atoms with Gasteiger partial charge in [-0.15, -0.1) is 10.2 Å². The fourth-order valence-electron chi connectivity index (χ4n) is 3.08. The Morgan fingerprint density at radius 1 is 1.03 bits per heavy atom. The highest BCUT2D eigenvalue weighted by Gasteiger charge is 2.20. The van der Waals surface area contributed by atoms with Crippen molar-refractivity contribution in [1.82, 2.24) is 15.1 Å². The molecule has 0 spiro atoms. The molecule has 0 saturated carbocycles. The highest BCUT2D eigenvalue weighted by molar-refractivity contribution is 7.13. The van der Waals surface area contributed by atoms with Crippen LogP contribution < -0.4 is 10.1 Å². The van der Waals surface area contributed by atoms with Crippen LogP contribution in [0.5, 0.6) is 5.75 Å². The molecule has 2 heterocycles. The molecule has 0 unspecified atom stereocenters. The molecule has 29 heavy (non-hydrogen) atoms. The van der Waals surface area contributed by atoms with Crippen molar-refractivity contribution in [2.24, 2.45) is 0 Å². The minimum atomic E-state index is -0.362. The molecule has 1 N–H and O–H groups in total. The first-order valence-electron chi connectivity index (χ1n) is 9.40. The molecule has 2 amide bonds. The highest BCUT2D eigenvalue weighted by atomic mass is 32.1. The van der Waals surface area contributed by atoms with Crippen LogP contribution in [0.25, 0.3) is 0 Å². The van der Waals surface area contributed by atoms with Crippen molar-refractivity contribution >= 4 is 28.8 Å². The van der Waals surface area contributed by atoms with Crippen molar-refractivity contribution in [3.63, 3.8) is 0 Å². The molecule has 0 atom stereocenters. The Morgan fingerprint density at radius 3 is 2.62 bits per heavy atom. The summed E-state index contributed by atoms with van der Waals surface area (Å²) >= 11 is 1.18. The number of para-hydroxylation sites is 1. The van der Waals surface area contributed by atoms with Gasteiger partial charge in [-0.2, -0.15) is 0 Å². The van der Waals surface area contributed by atoms with Crippen molar-refractivity contribution in [1.29, 1.82) is 0 Å². The van der Waals surface area contributed by atoms with Crippen LogP contribution in [0.1, 0.15) is 38.0 Å². The molecule has 3 aromatic rings. The molecule has 4 rings (SSSR count). The van der Waals surface area contributed by atoms with Crippen molar-refractivity contribution < 1.29 is 14.3 Å². The Labute approximate surface area is 172 Å². The zero-order chi connectivity index (χ0) is 20.1. The Balaban J connectivity index is 1.37. The van der Waals surface area contributed by atoms with Gasteiger partial charge in [-0.3, -0.25) is 9.59 Å². The number of amides is 2. The van der Waals surface area contributed by atoms with E-state index in [4.69, 9.17) is 4.74 Å². The molecule has 1 aliphatic heterocycles. The lowest BCUT2D eigenvalue weighted by Gasteiger charge is -2.15. The highest BCUT2D eigenvalue weighted by Crippen LogP contribution is 2.19. The third kappa shape index (κ3) is 4.78. The van der Waals surface area contributed by atoms with Crippen molar-refractivity contribution in [2.45, 2.75) is 19.4 Å². The fourth-order valence-corrected chi connectivity index (χ4v) is 3.73. The van der Waals surface area contributed by atoms with Gasteiger partial charge in [0.1, 0.15) is 12.4 Å². The molecule has 1 aliphatic rings. The molecule has 0 radical (unpaired) electrons. The molecule has 1 fully saturated rings. The summed E-state index contributed by atoms with van der Waals surface area (Å²) in [5, 5.41) is 11.6. The maximum absolute atomic E-state index is 12.5. The molecule has 148 valence electrons. The van der Waals surface area contributed by atoms with Crippen LogP contribution in [0, 0.1) is 0 Å². The molecule has 1 saturated heterocycles. The standard InChI is InChI=1S/C21H20N4O3S/c26-19(20-24-23-18(29-20)14-28-17-9-2-1-3-10-17)22-16-8-6-7-15(13-16)21(27)25-11-4-5-12-25/h1-3,6-10,13H,4-5,11-12,14H2,(H,22,26). The smallest absolute Gasteiger partial charge is 0.286 e. The van der Waals surface area contributed by atoms with Gasteiger partial charge >= 0.3 is 0 Å². The van der Waals surface area contributed by atoms with Gasteiger partial charge < -0.3 is 15.0 Å². The summed E-state index contributed by atoms with van der Waals surface area (Å²) in [4.78, 5) is 26.9. The second kappa shape index (κ2) is 8.83. The van der Waals surface area contributed by atoms with E-state index in [0.29, 0.717) is 16.3 Å². The average Bonchev–Trinajstić information content (AvgIpc) is 3.45. The van der Waals surface area contributed by atoms with Crippen molar-refractivity contribution in [3.05, 3.63) is 70.2 Å². The van der Waals surface area contributed by atoms with Crippen LogP contribution in [-0.2, 0) is 6.61 Å². The second-order valence-corrected chi connectivity index (χ2v) is 7.70. The molecule has 7 nitrogen and oxygen atoms in total. The molecular weight excluding hydrogens is 388 g/mol. The summed E-state index contributed by atoms with van der Waals surface area (Å²) in [7, 11) is 0. The quantitative estimate of drug-likeness (QED) is 0.674. The third-order valence-electron chi connectivity index (χ3n) is 4.53. The number of aromatic nitrogens is 2. The first kappa shape index (κ1) is 19.1. The molecule has 8 heteroatoms. The van der Waals surface area contributed by atoms with Crippen LogP contribution in [0.4, 0.5) is 5.69 Å². The lowest BCUT2D eigenvalue weighted by Crippen LogP contribution is -2.27. The zero-order valence-corrected chi connectivity index (χ0v) is 16.5. The van der Waals surface area contributed by atoms with Crippen molar-refractivity contribution in [3.8, 4) is 5.75 Å². The normalized spacial score (nSPS) is 13.3. The first-order chi connectivity index (χ1) is 14.2. The summed E-state index contributed by atoms with van der Waals surface area (Å²) in [6.45, 7) is 1.82. The minimum Gasteiger partial charge on any atom is -0.486 e. The van der Waals surface area contributed by atoms with E-state index in [2.05, 4.69) is 15.5 Å². The van der Waals surface area contributed by atoms with Crippen LogP contribution in [0.3, 0.4) is 0 Å². The number of anilines is 1. The Kier molecular flexibility index (Phi) is 5.81. The van der Waals surface area contributed by atoms with Gasteiger partial charge in [-0.1, -0.05) is 35.6 Å². The summed E-state index contributed by atoms with van der Waals surface area (Å²) < 4.78 is 5.63. The third-order valence-corrected chi connectivity index (χ3v) is 5.42. The summed E-state index contributed by atoms with van der Waals surface area (Å²) in [5.41, 5.74) is 1.12. The minimum absolute atomic E-state index is 0.00476. The van der Waals surface area contributed by atoms with Crippen molar-refractivity contribution in [2.75, 3.05) is 18.4 Å². The maximum Gasteiger partial charge on any atom is 0.286 e. The monoisotopic (exact) mass is 408 g/mol. The number of carbonyl (C=O) groups is 2. The summed E-state index contributed by atoms with van der Waals surface area (Å²) in [5.74, 6) is 0.363. The fraction of sp³-hybridized carbons (Fsp3) is 0.238. The van der Waals surface area contributed by atoms with E-state index in [1.54, 1.807) is 24.3 Å². The Hall–Kier alpha value is -3.26. The zero-order valence-electron chi connectivity index (χ0n) is 15.7. The first-order valence-corrected chi connectivity index (χ1v) is 10.2.